The lowest BCUT2D eigenvalue weighted by Gasteiger charge is -2.30. The summed E-state index contributed by atoms with van der Waals surface area (Å²) in [4.78, 5) is 32.7. The van der Waals surface area contributed by atoms with Gasteiger partial charge in [-0.15, -0.1) is 8.58 Å². The van der Waals surface area contributed by atoms with Crippen LogP contribution in [0, 0.1) is 5.82 Å². The molecule has 0 radical (unpaired) electrons. The first-order chi connectivity index (χ1) is 18.8. The number of allylic oxidation sites excluding steroid dienone is 1. The maximum Gasteiger partial charge on any atom is 0.161 e. The van der Waals surface area contributed by atoms with E-state index in [1.54, 1.807) is 18.2 Å². The van der Waals surface area contributed by atoms with Crippen LogP contribution in [0.1, 0.15) is 47.8 Å². The molecule has 204 valence electrons. The lowest BCUT2D eigenvalue weighted by molar-refractivity contribution is -0.119. The predicted octanol–water partition coefficient (Wildman–Crippen LogP) is 7.19. The summed E-state index contributed by atoms with van der Waals surface area (Å²) in [7, 11) is 0.760. The standard InChI is InChI=1S/C33H38FN2O2P/c1-5-8-26-11-13-27(14-12-26)21-30(38)23-36(19-20-39-4)24(2)33(22-28-15-17-29(34)18-16-28)35-32-10-7-6-9-31(32)25(3)37/h5-18,24,39H,19-23H2,1-4H3/b8-5+,35-33?. The number of hydrogen-bond donors (Lipinski definition) is 0. The Labute approximate surface area is 233 Å². The number of para-hydroxylation sites is 1. The zero-order chi connectivity index (χ0) is 28.2. The van der Waals surface area contributed by atoms with Crippen molar-refractivity contribution in [1.29, 1.82) is 0 Å². The van der Waals surface area contributed by atoms with E-state index >= 15 is 0 Å². The Hall–Kier alpha value is -3.27. The van der Waals surface area contributed by atoms with Crippen molar-refractivity contribution < 1.29 is 14.0 Å². The van der Waals surface area contributed by atoms with E-state index in [0.29, 0.717) is 30.6 Å². The summed E-state index contributed by atoms with van der Waals surface area (Å²) in [6, 6.07) is 21.6. The molecule has 2 unspecified atom stereocenters. The molecule has 0 N–H and O–H groups in total. The number of benzene rings is 3. The van der Waals surface area contributed by atoms with Gasteiger partial charge in [-0.05, 0) is 74.6 Å². The topological polar surface area (TPSA) is 49.7 Å². The predicted molar refractivity (Wildman–Crippen MR) is 164 cm³/mol. The van der Waals surface area contributed by atoms with E-state index in [2.05, 4.69) is 18.5 Å². The van der Waals surface area contributed by atoms with Gasteiger partial charge in [0.2, 0.25) is 0 Å². The van der Waals surface area contributed by atoms with Crippen LogP contribution in [0.5, 0.6) is 0 Å². The molecule has 3 aromatic carbocycles. The zero-order valence-corrected chi connectivity index (χ0v) is 24.3. The third-order valence-corrected chi connectivity index (χ3v) is 7.37. The van der Waals surface area contributed by atoms with Crippen LogP contribution in [0.3, 0.4) is 0 Å². The number of nitrogens with zero attached hydrogens (tertiary/aromatic N) is 2. The number of Topliss-reactive ketones (excluding diaryl/α,β-unsaturated/α-hetero) is 2. The molecule has 0 saturated heterocycles. The average molecular weight is 545 g/mol. The molecule has 3 aromatic rings. The molecule has 0 amide bonds. The second kappa shape index (κ2) is 15.4. The summed E-state index contributed by atoms with van der Waals surface area (Å²) in [5, 5.41) is 0. The molecule has 0 saturated carbocycles. The molecule has 0 spiro atoms. The van der Waals surface area contributed by atoms with Gasteiger partial charge >= 0.3 is 0 Å². The van der Waals surface area contributed by atoms with Crippen LogP contribution in [-0.4, -0.2) is 54.1 Å². The van der Waals surface area contributed by atoms with E-state index in [-0.39, 0.29) is 23.4 Å². The normalized spacial score (nSPS) is 13.0. The van der Waals surface area contributed by atoms with Crippen LogP contribution in [0.2, 0.25) is 0 Å². The molecule has 0 heterocycles. The Morgan fingerprint density at radius 2 is 1.62 bits per heavy atom. The van der Waals surface area contributed by atoms with Crippen LogP contribution < -0.4 is 0 Å². The Bertz CT molecular complexity index is 1300. The molecule has 3 rings (SSSR count). The molecule has 0 aliphatic rings. The minimum atomic E-state index is -0.290. The summed E-state index contributed by atoms with van der Waals surface area (Å²) in [5.74, 6) is -0.199. The lowest BCUT2D eigenvalue weighted by atomic mass is 10.0. The van der Waals surface area contributed by atoms with Crippen LogP contribution in [0.25, 0.3) is 6.08 Å². The van der Waals surface area contributed by atoms with Gasteiger partial charge in [0.15, 0.2) is 11.6 Å². The van der Waals surface area contributed by atoms with Crippen LogP contribution in [-0.2, 0) is 17.6 Å². The smallest absolute Gasteiger partial charge is 0.161 e. The highest BCUT2D eigenvalue weighted by Crippen LogP contribution is 2.22. The van der Waals surface area contributed by atoms with Gasteiger partial charge < -0.3 is 0 Å². The van der Waals surface area contributed by atoms with E-state index < -0.39 is 0 Å². The molecule has 0 bridgehead atoms. The van der Waals surface area contributed by atoms with E-state index in [9.17, 15) is 14.0 Å². The Morgan fingerprint density at radius 1 is 0.974 bits per heavy atom. The maximum atomic E-state index is 13.6. The van der Waals surface area contributed by atoms with E-state index in [1.807, 2.05) is 61.5 Å². The summed E-state index contributed by atoms with van der Waals surface area (Å²) in [6.07, 6.45) is 5.86. The highest BCUT2D eigenvalue weighted by Gasteiger charge is 2.23. The van der Waals surface area contributed by atoms with Gasteiger partial charge in [-0.3, -0.25) is 19.5 Å². The largest absolute Gasteiger partial charge is 0.298 e. The SMILES string of the molecule is C/C=C/c1ccc(CC(=O)CN(CCPC)C(C)C(Cc2ccc(F)cc2)=Nc2ccccc2C(C)=O)cc1. The number of halogens is 1. The molecule has 2 atom stereocenters. The first-order valence-corrected chi connectivity index (χ1v) is 15.0. The zero-order valence-electron chi connectivity index (χ0n) is 23.3. The molecule has 0 aliphatic carbocycles. The van der Waals surface area contributed by atoms with Crippen molar-refractivity contribution in [3.63, 3.8) is 0 Å². The first kappa shape index (κ1) is 30.3. The average Bonchev–Trinajstić information content (AvgIpc) is 2.93. The Balaban J connectivity index is 1.90. The van der Waals surface area contributed by atoms with E-state index in [0.717, 1.165) is 43.7 Å². The molecule has 6 heteroatoms. The van der Waals surface area contributed by atoms with Gasteiger partial charge in [-0.2, -0.15) is 0 Å². The fraction of sp³-hybridized carbons (Fsp3) is 0.303. The Morgan fingerprint density at radius 3 is 2.26 bits per heavy atom. The minimum absolute atomic E-state index is 0.0530. The van der Waals surface area contributed by atoms with Crippen molar-refractivity contribution >= 4 is 37.6 Å². The number of carbonyl (C=O) groups excluding carboxylic acids is 2. The monoisotopic (exact) mass is 544 g/mol. The van der Waals surface area contributed by atoms with E-state index in [4.69, 9.17) is 4.99 Å². The van der Waals surface area contributed by atoms with Gasteiger partial charge in [0.25, 0.3) is 0 Å². The molecular formula is C33H38FN2O2P. The van der Waals surface area contributed by atoms with Crippen LogP contribution in [0.4, 0.5) is 10.1 Å². The number of hydrogen-bond acceptors (Lipinski definition) is 4. The third kappa shape index (κ3) is 9.45. The highest BCUT2D eigenvalue weighted by molar-refractivity contribution is 7.37. The third-order valence-electron chi connectivity index (χ3n) is 6.64. The van der Waals surface area contributed by atoms with Gasteiger partial charge in [0, 0.05) is 36.7 Å². The van der Waals surface area contributed by atoms with Crippen LogP contribution >= 0.6 is 8.58 Å². The van der Waals surface area contributed by atoms with Gasteiger partial charge in [-0.1, -0.05) is 60.7 Å². The van der Waals surface area contributed by atoms with Gasteiger partial charge in [0.05, 0.1) is 12.2 Å². The summed E-state index contributed by atoms with van der Waals surface area (Å²) in [5.41, 5.74) is 5.03. The fourth-order valence-electron chi connectivity index (χ4n) is 4.44. The van der Waals surface area contributed by atoms with Crippen molar-refractivity contribution in [3.8, 4) is 0 Å². The van der Waals surface area contributed by atoms with Crippen LogP contribution in [0.15, 0.2) is 83.9 Å². The van der Waals surface area contributed by atoms with Crippen molar-refractivity contribution in [3.05, 3.63) is 107 Å². The van der Waals surface area contributed by atoms with Crippen molar-refractivity contribution in [2.75, 3.05) is 25.9 Å². The lowest BCUT2D eigenvalue weighted by Crippen LogP contribution is -2.44. The molecule has 0 fully saturated rings. The summed E-state index contributed by atoms with van der Waals surface area (Å²) in [6.45, 7) is 8.81. The number of carbonyl (C=O) groups is 2. The molecule has 0 aromatic heterocycles. The fourth-order valence-corrected chi connectivity index (χ4v) is 4.95. The van der Waals surface area contributed by atoms with Crippen molar-refractivity contribution in [2.45, 2.75) is 39.7 Å². The minimum Gasteiger partial charge on any atom is -0.298 e. The van der Waals surface area contributed by atoms with Crippen molar-refractivity contribution in [1.82, 2.24) is 4.90 Å². The van der Waals surface area contributed by atoms with Crippen molar-refractivity contribution in [2.24, 2.45) is 4.99 Å². The molecule has 0 aliphatic heterocycles. The highest BCUT2D eigenvalue weighted by atomic mass is 31.1. The summed E-state index contributed by atoms with van der Waals surface area (Å²) >= 11 is 0. The number of aliphatic imine (C=N–C) groups is 1. The Kier molecular flexibility index (Phi) is 11.9. The molecule has 39 heavy (non-hydrogen) atoms. The maximum absolute atomic E-state index is 13.6. The summed E-state index contributed by atoms with van der Waals surface area (Å²) < 4.78 is 13.6. The molecular weight excluding hydrogens is 506 g/mol. The number of ketones is 2. The van der Waals surface area contributed by atoms with Gasteiger partial charge in [0.1, 0.15) is 5.82 Å². The second-order valence-corrected chi connectivity index (χ2v) is 10.9. The second-order valence-electron chi connectivity index (χ2n) is 9.69. The number of rotatable bonds is 14. The molecule has 4 nitrogen and oxygen atoms in total. The van der Waals surface area contributed by atoms with Gasteiger partial charge in [-0.25, -0.2) is 4.39 Å². The quantitative estimate of drug-likeness (QED) is 0.123. The van der Waals surface area contributed by atoms with E-state index in [1.165, 1.54) is 19.1 Å². The first-order valence-electron chi connectivity index (χ1n) is 13.3.